The minimum Gasteiger partial charge on any atom is -0.491 e. The smallest absolute Gasteiger partial charge is 0.248 e. The van der Waals surface area contributed by atoms with Crippen molar-refractivity contribution < 1.29 is 23.2 Å². The molecule has 9 nitrogen and oxygen atoms in total. The van der Waals surface area contributed by atoms with Crippen LogP contribution in [0.15, 0.2) is 90.2 Å². The molecule has 1 aromatic heterocycles. The van der Waals surface area contributed by atoms with Crippen LogP contribution in [0.1, 0.15) is 44.4 Å². The number of unbranched alkanes of at least 4 members (excludes halogenated alkanes) is 1. The van der Waals surface area contributed by atoms with Crippen LogP contribution in [0.2, 0.25) is 0 Å². The summed E-state index contributed by atoms with van der Waals surface area (Å²) in [6.07, 6.45) is 10.1. The Balaban J connectivity index is 1.41. The second-order valence-electron chi connectivity index (χ2n) is 11.4. The van der Waals surface area contributed by atoms with E-state index in [0.717, 1.165) is 66.2 Å². The molecule has 0 saturated carbocycles. The van der Waals surface area contributed by atoms with Gasteiger partial charge in [-0.25, -0.2) is 4.98 Å². The van der Waals surface area contributed by atoms with Crippen molar-refractivity contribution in [3.8, 4) is 16.9 Å². The molecule has 1 heterocycles. The second-order valence-corrected chi connectivity index (χ2v) is 12.9. The minimum absolute atomic E-state index is 0.261. The summed E-state index contributed by atoms with van der Waals surface area (Å²) in [5.74, 6) is 0.925. The molecule has 1 N–H and O–H groups in total. The van der Waals surface area contributed by atoms with Gasteiger partial charge in [0.25, 0.3) is 0 Å². The summed E-state index contributed by atoms with van der Waals surface area (Å²) in [4.78, 5) is 20.0. The van der Waals surface area contributed by atoms with E-state index < -0.39 is 10.8 Å². The normalized spacial score (nSPS) is 11.9. The zero-order valence-electron chi connectivity index (χ0n) is 28.5. The maximum absolute atomic E-state index is 13.0. The highest BCUT2D eigenvalue weighted by Gasteiger charge is 2.11. The lowest BCUT2D eigenvalue weighted by molar-refractivity contribution is -0.111. The summed E-state index contributed by atoms with van der Waals surface area (Å²) < 4.78 is 31.7. The van der Waals surface area contributed by atoms with Crippen molar-refractivity contribution in [2.45, 2.75) is 50.3 Å². The van der Waals surface area contributed by atoms with Gasteiger partial charge in [-0.3, -0.25) is 9.00 Å². The largest absolute Gasteiger partial charge is 0.491 e. The third-order valence-corrected chi connectivity index (χ3v) is 9.09. The first-order valence-electron chi connectivity index (χ1n) is 16.5. The lowest BCUT2D eigenvalue weighted by atomic mass is 10.0. The van der Waals surface area contributed by atoms with Crippen LogP contribution in [-0.2, 0) is 37.4 Å². The predicted molar refractivity (Wildman–Crippen MR) is 195 cm³/mol. The Bertz CT molecular complexity index is 1620. The topological polar surface area (TPSA) is 94.9 Å². The summed E-state index contributed by atoms with van der Waals surface area (Å²) in [7, 11) is 2.47. The zero-order chi connectivity index (χ0) is 34.1. The number of hydrogen-bond acceptors (Lipinski definition) is 7. The number of rotatable bonds is 20. The van der Waals surface area contributed by atoms with E-state index in [4.69, 9.17) is 14.2 Å². The van der Waals surface area contributed by atoms with Crippen LogP contribution >= 0.6 is 0 Å². The molecule has 256 valence electrons. The molecule has 0 unspecified atom stereocenters. The van der Waals surface area contributed by atoms with Crippen LogP contribution in [-0.4, -0.2) is 66.8 Å². The number of aromatic nitrogens is 2. The van der Waals surface area contributed by atoms with Gasteiger partial charge in [0.1, 0.15) is 12.4 Å². The van der Waals surface area contributed by atoms with E-state index in [9.17, 15) is 9.00 Å². The van der Waals surface area contributed by atoms with Crippen LogP contribution in [0, 0.1) is 0 Å². The molecule has 48 heavy (non-hydrogen) atoms. The van der Waals surface area contributed by atoms with Crippen molar-refractivity contribution in [2.75, 3.05) is 57.3 Å². The van der Waals surface area contributed by atoms with Crippen LogP contribution in [0.25, 0.3) is 17.2 Å². The number of carbonyl (C=O) groups excluding carboxylic acids is 1. The van der Waals surface area contributed by atoms with E-state index >= 15 is 0 Å². The Morgan fingerprint density at radius 2 is 1.73 bits per heavy atom. The van der Waals surface area contributed by atoms with Gasteiger partial charge in [0.05, 0.1) is 41.8 Å². The fraction of sp³-hybridized carbons (Fsp3) is 0.368. The Morgan fingerprint density at radius 1 is 0.958 bits per heavy atom. The number of imidazole rings is 1. The first-order chi connectivity index (χ1) is 23.4. The monoisotopic (exact) mass is 672 g/mol. The molecule has 0 aliphatic heterocycles. The van der Waals surface area contributed by atoms with E-state index in [-0.39, 0.29) is 5.91 Å². The highest BCUT2D eigenvalue weighted by Crippen LogP contribution is 2.29. The Labute approximate surface area is 287 Å². The molecule has 4 aromatic rings. The summed E-state index contributed by atoms with van der Waals surface area (Å²) >= 11 is 0. The number of amides is 1. The fourth-order valence-electron chi connectivity index (χ4n) is 5.04. The number of carbonyl (C=O) groups is 1. The molecular weight excluding hydrogens is 625 g/mol. The molecule has 0 bridgehead atoms. The maximum Gasteiger partial charge on any atom is 0.248 e. The number of anilines is 2. The average Bonchev–Trinajstić information content (AvgIpc) is 3.54. The van der Waals surface area contributed by atoms with Crippen LogP contribution in [0.3, 0.4) is 0 Å². The number of methoxy groups -OCH3 is 1. The van der Waals surface area contributed by atoms with Crippen molar-refractivity contribution in [2.24, 2.45) is 0 Å². The second kappa shape index (κ2) is 19.5. The van der Waals surface area contributed by atoms with Gasteiger partial charge in [0.2, 0.25) is 5.91 Å². The van der Waals surface area contributed by atoms with Gasteiger partial charge in [-0.05, 0) is 84.1 Å². The van der Waals surface area contributed by atoms with Crippen molar-refractivity contribution in [1.82, 2.24) is 9.55 Å². The standard InChI is InChI=1S/C38H48N4O5S/c1-5-7-22-46-24-25-47-35-14-8-30(9-15-35)31-10-18-37(41(3)21-23-45-4)32(26-31)11-19-38(43)40-33-12-16-36(17-13-33)48(44)28-34-27-39-29-42(34)20-6-2/h8-19,26-27,29H,5-7,20-25,28H2,1-4H3,(H,40,43)/t48-/m0/s1. The summed E-state index contributed by atoms with van der Waals surface area (Å²) in [6, 6.07) is 21.4. The number of hydrogen-bond donors (Lipinski definition) is 1. The van der Waals surface area contributed by atoms with E-state index in [1.165, 1.54) is 6.08 Å². The first kappa shape index (κ1) is 36.6. The summed E-state index contributed by atoms with van der Waals surface area (Å²) in [5, 5.41) is 2.92. The molecule has 4 rings (SSSR count). The third-order valence-electron chi connectivity index (χ3n) is 7.74. The first-order valence-corrected chi connectivity index (χ1v) is 17.8. The molecule has 0 saturated heterocycles. The van der Waals surface area contributed by atoms with E-state index in [0.29, 0.717) is 42.7 Å². The Morgan fingerprint density at radius 3 is 2.46 bits per heavy atom. The van der Waals surface area contributed by atoms with Crippen molar-refractivity contribution in [3.05, 3.63) is 96.6 Å². The number of aryl methyl sites for hydroxylation is 1. The van der Waals surface area contributed by atoms with Crippen molar-refractivity contribution >= 4 is 34.2 Å². The van der Waals surface area contributed by atoms with Gasteiger partial charge in [0, 0.05) is 62.4 Å². The lowest BCUT2D eigenvalue weighted by Gasteiger charge is -2.22. The molecule has 1 amide bonds. The van der Waals surface area contributed by atoms with Crippen molar-refractivity contribution in [3.63, 3.8) is 0 Å². The molecule has 0 spiro atoms. The van der Waals surface area contributed by atoms with Gasteiger partial charge in [0.15, 0.2) is 0 Å². The molecule has 1 atom stereocenters. The fourth-order valence-corrected chi connectivity index (χ4v) is 6.16. The number of nitrogens with one attached hydrogen (secondary N) is 1. The third kappa shape index (κ3) is 11.2. The van der Waals surface area contributed by atoms with E-state index in [1.54, 1.807) is 43.9 Å². The molecule has 0 fully saturated rings. The molecule has 0 aliphatic carbocycles. The summed E-state index contributed by atoms with van der Waals surface area (Å²) in [5.41, 5.74) is 5.52. The quantitative estimate of drug-likeness (QED) is 0.0784. The predicted octanol–water partition coefficient (Wildman–Crippen LogP) is 7.20. The molecule has 3 aromatic carbocycles. The molecule has 0 radical (unpaired) electrons. The van der Waals surface area contributed by atoms with Crippen molar-refractivity contribution in [1.29, 1.82) is 0 Å². The number of nitrogens with zero attached hydrogens (tertiary/aromatic N) is 3. The van der Waals surface area contributed by atoms with Gasteiger partial charge in [-0.1, -0.05) is 38.5 Å². The lowest BCUT2D eigenvalue weighted by Crippen LogP contribution is -2.22. The average molecular weight is 673 g/mol. The maximum atomic E-state index is 13.0. The SMILES string of the molecule is CCCCOCCOc1ccc(-c2ccc(N(C)CCOC)c(C=CC(=O)Nc3ccc([S@@](=O)Cc4cncn4CCC)cc3)c2)cc1. The summed E-state index contributed by atoms with van der Waals surface area (Å²) in [6.45, 7) is 8.22. The number of likely N-dealkylation sites (N-methyl/N-ethyl adjacent to an activating group) is 1. The van der Waals surface area contributed by atoms with Gasteiger partial charge in [-0.15, -0.1) is 0 Å². The zero-order valence-corrected chi connectivity index (χ0v) is 29.3. The van der Waals surface area contributed by atoms with Crippen LogP contribution in [0.5, 0.6) is 5.75 Å². The molecule has 0 aliphatic rings. The Hall–Kier alpha value is -4.25. The number of ether oxygens (including phenoxy) is 3. The van der Waals surface area contributed by atoms with Gasteiger partial charge in [-0.2, -0.15) is 0 Å². The van der Waals surface area contributed by atoms with Gasteiger partial charge < -0.3 is 29.0 Å². The number of benzene rings is 3. The highest BCUT2D eigenvalue weighted by atomic mass is 32.2. The van der Waals surface area contributed by atoms with E-state index in [1.807, 2.05) is 42.0 Å². The van der Waals surface area contributed by atoms with Gasteiger partial charge >= 0.3 is 0 Å². The Kier molecular flexibility index (Phi) is 14.9. The molecule has 10 heteroatoms. The minimum atomic E-state index is -1.22. The molecular formula is C38H48N4O5S. The van der Waals surface area contributed by atoms with E-state index in [2.05, 4.69) is 47.2 Å². The highest BCUT2D eigenvalue weighted by molar-refractivity contribution is 7.84. The van der Waals surface area contributed by atoms with Crippen LogP contribution in [0.4, 0.5) is 11.4 Å². The van der Waals surface area contributed by atoms with Crippen LogP contribution < -0.4 is 15.0 Å².